The average molecular weight is 437 g/mol. The van der Waals surface area contributed by atoms with Crippen molar-refractivity contribution in [2.45, 2.75) is 57.9 Å². The van der Waals surface area contributed by atoms with E-state index in [1.165, 1.54) is 10.6 Å². The summed E-state index contributed by atoms with van der Waals surface area (Å²) in [4.78, 5) is 27.2. The van der Waals surface area contributed by atoms with Gasteiger partial charge in [-0.05, 0) is 62.8 Å². The predicted octanol–water partition coefficient (Wildman–Crippen LogP) is 1.03. The van der Waals surface area contributed by atoms with E-state index >= 15 is 0 Å². The molecule has 1 aromatic heterocycles. The first-order chi connectivity index (χ1) is 14.3. The van der Waals surface area contributed by atoms with Gasteiger partial charge in [-0.25, -0.2) is 17.4 Å². The molecule has 2 saturated heterocycles. The van der Waals surface area contributed by atoms with Crippen molar-refractivity contribution in [2.24, 2.45) is 11.8 Å². The molecule has 30 heavy (non-hydrogen) atoms. The summed E-state index contributed by atoms with van der Waals surface area (Å²) >= 11 is 0. The van der Waals surface area contributed by atoms with Gasteiger partial charge in [0, 0.05) is 44.7 Å². The first kappa shape index (κ1) is 21.5. The number of aromatic nitrogens is 2. The predicted molar refractivity (Wildman–Crippen MR) is 114 cm³/mol. The standard InChI is InChI=1S/C21H32N4O4S/c1-30(28,29)24-12-8-17(9-13-24)21(27)23-10-6-16(7-11-23)15-25-20(26)14-18-4-2-3-5-19(18)22-25/h14,16-17H,2-13,15H2,1H3. The van der Waals surface area contributed by atoms with Crippen LogP contribution in [0.25, 0.3) is 0 Å². The molecule has 1 aromatic rings. The second-order valence-corrected chi connectivity index (χ2v) is 11.0. The number of carbonyl (C=O) groups is 1. The SMILES string of the molecule is CS(=O)(=O)N1CCC(C(=O)N2CCC(Cn3nc4c(cc3=O)CCCC4)CC2)CC1. The van der Waals surface area contributed by atoms with Crippen molar-refractivity contribution in [1.82, 2.24) is 19.0 Å². The lowest BCUT2D eigenvalue weighted by molar-refractivity contribution is -0.138. The molecule has 166 valence electrons. The monoisotopic (exact) mass is 436 g/mol. The molecule has 0 atom stereocenters. The van der Waals surface area contributed by atoms with E-state index < -0.39 is 10.0 Å². The molecule has 2 fully saturated rings. The Balaban J connectivity index is 1.29. The molecule has 0 saturated carbocycles. The van der Waals surface area contributed by atoms with Crippen LogP contribution in [-0.4, -0.2) is 65.7 Å². The number of aryl methyl sites for hydroxylation is 2. The van der Waals surface area contributed by atoms with Crippen LogP contribution >= 0.6 is 0 Å². The molecule has 2 aliphatic heterocycles. The number of likely N-dealkylation sites (tertiary alicyclic amines) is 1. The molecule has 1 amide bonds. The summed E-state index contributed by atoms with van der Waals surface area (Å²) in [5.41, 5.74) is 2.19. The van der Waals surface area contributed by atoms with Gasteiger partial charge in [0.2, 0.25) is 15.9 Å². The maximum absolute atomic E-state index is 12.9. The molecule has 0 unspecified atom stereocenters. The van der Waals surface area contributed by atoms with Crippen LogP contribution < -0.4 is 5.56 Å². The summed E-state index contributed by atoms with van der Waals surface area (Å²) in [6, 6.07) is 1.77. The molecule has 1 aliphatic carbocycles. The first-order valence-electron chi connectivity index (χ1n) is 11.1. The molecular formula is C21H32N4O4S. The number of sulfonamides is 1. The highest BCUT2D eigenvalue weighted by molar-refractivity contribution is 7.88. The molecule has 4 rings (SSSR count). The average Bonchev–Trinajstić information content (AvgIpc) is 2.74. The van der Waals surface area contributed by atoms with Gasteiger partial charge in [0.25, 0.3) is 5.56 Å². The molecule has 0 spiro atoms. The van der Waals surface area contributed by atoms with Gasteiger partial charge in [-0.2, -0.15) is 5.10 Å². The van der Waals surface area contributed by atoms with Gasteiger partial charge in [-0.3, -0.25) is 9.59 Å². The highest BCUT2D eigenvalue weighted by Crippen LogP contribution is 2.25. The van der Waals surface area contributed by atoms with Crippen LogP contribution in [-0.2, 0) is 34.2 Å². The van der Waals surface area contributed by atoms with Crippen LogP contribution in [0.5, 0.6) is 0 Å². The lowest BCUT2D eigenvalue weighted by atomic mass is 9.92. The third-order valence-corrected chi connectivity index (χ3v) is 8.21. The topological polar surface area (TPSA) is 92.6 Å². The molecule has 9 heteroatoms. The fraction of sp³-hybridized carbons (Fsp3) is 0.762. The van der Waals surface area contributed by atoms with Crippen LogP contribution in [0.15, 0.2) is 10.9 Å². The summed E-state index contributed by atoms with van der Waals surface area (Å²) in [5, 5.41) is 4.63. The minimum Gasteiger partial charge on any atom is -0.342 e. The van der Waals surface area contributed by atoms with Crippen molar-refractivity contribution in [3.05, 3.63) is 27.7 Å². The number of amides is 1. The number of carbonyl (C=O) groups excluding carboxylic acids is 1. The van der Waals surface area contributed by atoms with Gasteiger partial charge in [0.15, 0.2) is 0 Å². The third-order valence-electron chi connectivity index (χ3n) is 6.90. The summed E-state index contributed by atoms with van der Waals surface area (Å²) < 4.78 is 26.4. The largest absolute Gasteiger partial charge is 0.342 e. The fourth-order valence-corrected chi connectivity index (χ4v) is 5.88. The van der Waals surface area contributed by atoms with E-state index in [0.29, 0.717) is 51.5 Å². The number of hydrogen-bond acceptors (Lipinski definition) is 5. The molecule has 3 heterocycles. The van der Waals surface area contributed by atoms with E-state index in [2.05, 4.69) is 5.10 Å². The van der Waals surface area contributed by atoms with Crippen molar-refractivity contribution in [1.29, 1.82) is 0 Å². The highest BCUT2D eigenvalue weighted by atomic mass is 32.2. The van der Waals surface area contributed by atoms with Crippen molar-refractivity contribution in [2.75, 3.05) is 32.4 Å². The first-order valence-corrected chi connectivity index (χ1v) is 13.0. The molecule has 0 bridgehead atoms. The Morgan fingerprint density at radius 3 is 2.40 bits per heavy atom. The number of nitrogens with zero attached hydrogens (tertiary/aromatic N) is 4. The Morgan fingerprint density at radius 2 is 1.73 bits per heavy atom. The minimum absolute atomic E-state index is 0.00760. The summed E-state index contributed by atoms with van der Waals surface area (Å²) in [5.74, 6) is 0.433. The Morgan fingerprint density at radius 1 is 1.07 bits per heavy atom. The van der Waals surface area contributed by atoms with E-state index in [1.54, 1.807) is 10.7 Å². The lowest BCUT2D eigenvalue weighted by Crippen LogP contribution is -2.46. The van der Waals surface area contributed by atoms with Gasteiger partial charge < -0.3 is 4.90 Å². The van der Waals surface area contributed by atoms with Crippen LogP contribution in [0.4, 0.5) is 0 Å². The van der Waals surface area contributed by atoms with E-state index in [1.807, 2.05) is 4.90 Å². The second kappa shape index (κ2) is 8.78. The van der Waals surface area contributed by atoms with Gasteiger partial charge in [-0.1, -0.05) is 0 Å². The molecule has 0 aromatic carbocycles. The molecule has 8 nitrogen and oxygen atoms in total. The number of fused-ring (bicyclic) bond motifs is 1. The molecule has 0 N–H and O–H groups in total. The van der Waals surface area contributed by atoms with Gasteiger partial charge in [0.05, 0.1) is 11.9 Å². The summed E-state index contributed by atoms with van der Waals surface area (Å²) in [6.45, 7) is 2.89. The number of rotatable bonds is 4. The maximum atomic E-state index is 12.9. The van der Waals surface area contributed by atoms with Crippen LogP contribution in [0, 0.1) is 11.8 Å². The Labute approximate surface area is 178 Å². The summed E-state index contributed by atoms with van der Waals surface area (Å²) in [6.07, 6.45) is 8.36. The highest BCUT2D eigenvalue weighted by Gasteiger charge is 2.33. The van der Waals surface area contributed by atoms with Gasteiger partial charge in [-0.15, -0.1) is 0 Å². The quantitative estimate of drug-likeness (QED) is 0.703. The second-order valence-electron chi connectivity index (χ2n) is 9.05. The van der Waals surface area contributed by atoms with Gasteiger partial charge >= 0.3 is 0 Å². The van der Waals surface area contributed by atoms with E-state index in [-0.39, 0.29) is 17.4 Å². The molecular weight excluding hydrogens is 404 g/mol. The summed E-state index contributed by atoms with van der Waals surface area (Å²) in [7, 11) is -3.17. The van der Waals surface area contributed by atoms with E-state index in [0.717, 1.165) is 49.8 Å². The minimum atomic E-state index is -3.17. The fourth-order valence-electron chi connectivity index (χ4n) is 5.00. The maximum Gasteiger partial charge on any atom is 0.267 e. The van der Waals surface area contributed by atoms with Crippen LogP contribution in [0.2, 0.25) is 0 Å². The normalized spacial score (nSPS) is 22.1. The zero-order valence-corrected chi connectivity index (χ0v) is 18.6. The van der Waals surface area contributed by atoms with Crippen molar-refractivity contribution in [3.63, 3.8) is 0 Å². The zero-order valence-electron chi connectivity index (χ0n) is 17.8. The van der Waals surface area contributed by atoms with Crippen LogP contribution in [0.3, 0.4) is 0 Å². The van der Waals surface area contributed by atoms with Crippen molar-refractivity contribution >= 4 is 15.9 Å². The Bertz CT molecular complexity index is 942. The molecule has 0 radical (unpaired) electrons. The lowest BCUT2D eigenvalue weighted by Gasteiger charge is -2.36. The number of piperidine rings is 2. The Hall–Kier alpha value is -1.74. The van der Waals surface area contributed by atoms with E-state index in [4.69, 9.17) is 0 Å². The van der Waals surface area contributed by atoms with Crippen molar-refractivity contribution in [3.8, 4) is 0 Å². The van der Waals surface area contributed by atoms with E-state index in [9.17, 15) is 18.0 Å². The Kier molecular flexibility index (Phi) is 6.29. The van der Waals surface area contributed by atoms with Crippen molar-refractivity contribution < 1.29 is 13.2 Å². The third kappa shape index (κ3) is 4.77. The zero-order chi connectivity index (χ0) is 21.3. The molecule has 3 aliphatic rings. The van der Waals surface area contributed by atoms with Crippen LogP contribution in [0.1, 0.15) is 49.8 Å². The smallest absolute Gasteiger partial charge is 0.267 e. The number of hydrogen-bond donors (Lipinski definition) is 0. The van der Waals surface area contributed by atoms with Gasteiger partial charge in [0.1, 0.15) is 0 Å².